The van der Waals surface area contributed by atoms with Crippen LogP contribution in [0, 0.1) is 11.3 Å². The molecule has 2 bridgehead atoms. The van der Waals surface area contributed by atoms with E-state index < -0.39 is 35.3 Å². The summed E-state index contributed by atoms with van der Waals surface area (Å²) in [5.74, 6) is -2.60. The summed E-state index contributed by atoms with van der Waals surface area (Å²) in [6, 6.07) is 6.09. The summed E-state index contributed by atoms with van der Waals surface area (Å²) in [6.45, 7) is -0.357. The minimum absolute atomic E-state index is 0.0367. The number of amides is 4. The number of rotatable bonds is 9. The smallest absolute Gasteiger partial charge is 0.291 e. The van der Waals surface area contributed by atoms with Crippen molar-refractivity contribution in [2.75, 3.05) is 6.54 Å². The Bertz CT molecular complexity index is 1060. The van der Waals surface area contributed by atoms with E-state index in [1.54, 1.807) is 24.3 Å². The Kier molecular flexibility index (Phi) is 6.24. The number of benzene rings is 1. The molecule has 3 aliphatic rings. The minimum atomic E-state index is -2.42. The number of alkyl halides is 2. The van der Waals surface area contributed by atoms with Gasteiger partial charge in [-0.25, -0.2) is 14.4 Å². The summed E-state index contributed by atoms with van der Waals surface area (Å²) in [6.07, 6.45) is 2.96. The van der Waals surface area contributed by atoms with E-state index in [9.17, 15) is 23.6 Å². The van der Waals surface area contributed by atoms with Crippen molar-refractivity contribution in [3.05, 3.63) is 30.1 Å². The van der Waals surface area contributed by atoms with Crippen LogP contribution in [0.2, 0.25) is 0 Å². The molecule has 1 heterocycles. The molecule has 1 aromatic carbocycles. The number of nitrogens with one attached hydrogen (secondary N) is 3. The lowest BCUT2D eigenvalue weighted by atomic mass is 9.43. The van der Waals surface area contributed by atoms with Crippen LogP contribution >= 0.6 is 11.6 Å². The van der Waals surface area contributed by atoms with E-state index in [2.05, 4.69) is 20.7 Å². The number of carbonyl (C=O) groups excluding carboxylic acids is 4. The summed E-state index contributed by atoms with van der Waals surface area (Å²) in [7, 11) is 0. The molecular weight excluding hydrogens is 455 g/mol. The molecule has 176 valence electrons. The molecule has 3 aliphatic carbocycles. The minimum Gasteiger partial charge on any atom is -0.370 e. The van der Waals surface area contributed by atoms with E-state index in [0.29, 0.717) is 28.4 Å². The van der Waals surface area contributed by atoms with E-state index in [4.69, 9.17) is 17.3 Å². The van der Waals surface area contributed by atoms with Gasteiger partial charge < -0.3 is 16.0 Å². The van der Waals surface area contributed by atoms with Crippen LogP contribution in [-0.2, 0) is 14.4 Å². The van der Waals surface area contributed by atoms with Crippen molar-refractivity contribution in [2.24, 2.45) is 17.1 Å². The van der Waals surface area contributed by atoms with Crippen molar-refractivity contribution in [2.45, 2.75) is 43.8 Å². The third kappa shape index (κ3) is 4.92. The van der Waals surface area contributed by atoms with Gasteiger partial charge in [-0.15, -0.1) is 0 Å². The number of aromatic nitrogens is 2. The Morgan fingerprint density at radius 3 is 2.55 bits per heavy atom. The van der Waals surface area contributed by atoms with E-state index in [-0.39, 0.29) is 24.2 Å². The Morgan fingerprint density at radius 2 is 1.97 bits per heavy atom. The van der Waals surface area contributed by atoms with Crippen molar-refractivity contribution in [3.63, 3.8) is 0 Å². The average Bonchev–Trinajstić information content (AvgIpc) is 3.15. The lowest BCUT2D eigenvalue weighted by Gasteiger charge is -2.63. The standard InChI is InChI=1S/C21H24ClFN6O4/c22-16(23)20(33)29(6-5-15(24)30)28-18(31)14(10-21-7-11(8-21)9-21)27-19(32)17-25-12-3-1-2-4-13(12)26-17/h1-4,11,14,16H,5-10H2,(H2,24,30)(H,25,26)(H,27,32)(H,28,31). The number of para-hydroxylation sites is 2. The highest BCUT2D eigenvalue weighted by atomic mass is 35.5. The predicted octanol–water partition coefficient (Wildman–Crippen LogP) is 1.12. The van der Waals surface area contributed by atoms with Crippen LogP contribution in [0.15, 0.2) is 24.3 Å². The molecule has 2 unspecified atom stereocenters. The number of imidazole rings is 1. The molecule has 0 spiro atoms. The van der Waals surface area contributed by atoms with Crippen molar-refractivity contribution < 1.29 is 23.6 Å². The number of halogens is 2. The van der Waals surface area contributed by atoms with Gasteiger partial charge in [-0.05, 0) is 49.1 Å². The molecule has 5 N–H and O–H groups in total. The van der Waals surface area contributed by atoms with Crippen LogP contribution in [0.3, 0.4) is 0 Å². The van der Waals surface area contributed by atoms with Gasteiger partial charge in [0.1, 0.15) is 6.04 Å². The fourth-order valence-corrected chi connectivity index (χ4v) is 4.73. The Hall–Kier alpha value is -3.21. The maximum Gasteiger partial charge on any atom is 0.291 e. The first-order valence-corrected chi connectivity index (χ1v) is 11.0. The highest BCUT2D eigenvalue weighted by molar-refractivity contribution is 6.29. The maximum absolute atomic E-state index is 13.4. The van der Waals surface area contributed by atoms with Gasteiger partial charge in [-0.3, -0.25) is 24.6 Å². The van der Waals surface area contributed by atoms with Crippen LogP contribution in [0.25, 0.3) is 11.0 Å². The first-order valence-electron chi connectivity index (χ1n) is 10.6. The molecular formula is C21H24ClFN6O4. The third-order valence-electron chi connectivity index (χ3n) is 6.31. The van der Waals surface area contributed by atoms with E-state index >= 15 is 0 Å². The van der Waals surface area contributed by atoms with Gasteiger partial charge in [0.15, 0.2) is 5.82 Å². The van der Waals surface area contributed by atoms with E-state index in [0.717, 1.165) is 19.3 Å². The van der Waals surface area contributed by atoms with Gasteiger partial charge in [-0.2, -0.15) is 0 Å². The van der Waals surface area contributed by atoms with Crippen molar-refractivity contribution >= 4 is 46.3 Å². The summed E-state index contributed by atoms with van der Waals surface area (Å²) < 4.78 is 13.4. The zero-order chi connectivity index (χ0) is 23.8. The van der Waals surface area contributed by atoms with Gasteiger partial charge in [0.25, 0.3) is 23.4 Å². The number of H-pyrrole nitrogens is 1. The SMILES string of the molecule is NC(=O)CCN(NC(=O)C(CC12CC(C1)C2)NC(=O)c1nc2ccccc2[nH]1)C(=O)C(F)Cl. The lowest BCUT2D eigenvalue weighted by Crippen LogP contribution is -2.60. The fraction of sp³-hybridized carbons (Fsp3) is 0.476. The Balaban J connectivity index is 1.49. The summed E-state index contributed by atoms with van der Waals surface area (Å²) in [5.41, 5.74) is 6.21. The van der Waals surface area contributed by atoms with Crippen LogP contribution in [0.5, 0.6) is 0 Å². The van der Waals surface area contributed by atoms with E-state index in [1.807, 2.05) is 0 Å². The van der Waals surface area contributed by atoms with Crippen LogP contribution in [0.4, 0.5) is 4.39 Å². The monoisotopic (exact) mass is 478 g/mol. The molecule has 33 heavy (non-hydrogen) atoms. The molecule has 2 aromatic rings. The van der Waals surface area contributed by atoms with Gasteiger partial charge in [0.2, 0.25) is 5.91 Å². The largest absolute Gasteiger partial charge is 0.370 e. The molecule has 4 amide bonds. The average molecular weight is 479 g/mol. The van der Waals surface area contributed by atoms with Gasteiger partial charge in [-0.1, -0.05) is 23.7 Å². The quantitative estimate of drug-likeness (QED) is 0.314. The van der Waals surface area contributed by atoms with E-state index in [1.165, 1.54) is 0 Å². The number of carbonyl (C=O) groups is 4. The Morgan fingerprint density at radius 1 is 1.27 bits per heavy atom. The summed E-state index contributed by atoms with van der Waals surface area (Å²) in [5, 5.41) is 3.30. The topological polar surface area (TPSA) is 150 Å². The third-order valence-corrected chi connectivity index (χ3v) is 6.49. The van der Waals surface area contributed by atoms with Crippen LogP contribution in [0.1, 0.15) is 42.7 Å². The molecule has 1 aromatic heterocycles. The highest BCUT2D eigenvalue weighted by Gasteiger charge is 2.57. The highest BCUT2D eigenvalue weighted by Crippen LogP contribution is 2.66. The second kappa shape index (κ2) is 8.97. The van der Waals surface area contributed by atoms with Crippen LogP contribution < -0.4 is 16.5 Å². The lowest BCUT2D eigenvalue weighted by molar-refractivity contribution is -0.148. The number of hydrogen-bond donors (Lipinski definition) is 4. The number of fused-ring (bicyclic) bond motifs is 1. The van der Waals surface area contributed by atoms with Gasteiger partial charge in [0, 0.05) is 6.42 Å². The molecule has 5 rings (SSSR count). The molecule has 2 atom stereocenters. The number of aromatic amines is 1. The molecule has 0 aliphatic heterocycles. The Labute approximate surface area is 193 Å². The second-order valence-corrected chi connectivity index (χ2v) is 9.18. The number of nitrogens with two attached hydrogens (primary N) is 1. The van der Waals surface area contributed by atoms with Gasteiger partial charge in [0.05, 0.1) is 17.6 Å². The molecule has 12 heteroatoms. The molecule has 3 fully saturated rings. The molecule has 3 saturated carbocycles. The molecule has 10 nitrogen and oxygen atoms in total. The first kappa shape index (κ1) is 23.0. The predicted molar refractivity (Wildman–Crippen MR) is 116 cm³/mol. The number of primary amides is 1. The maximum atomic E-state index is 13.4. The number of hydrazine groups is 1. The first-order chi connectivity index (χ1) is 15.7. The normalized spacial score (nSPS) is 22.4. The van der Waals surface area contributed by atoms with Crippen LogP contribution in [-0.4, -0.2) is 56.8 Å². The summed E-state index contributed by atoms with van der Waals surface area (Å²) >= 11 is 5.24. The molecule has 0 saturated heterocycles. The zero-order valence-electron chi connectivity index (χ0n) is 17.6. The van der Waals surface area contributed by atoms with Gasteiger partial charge >= 0.3 is 0 Å². The zero-order valence-corrected chi connectivity index (χ0v) is 18.4. The number of nitrogens with zero attached hydrogens (tertiary/aromatic N) is 2. The molecule has 0 radical (unpaired) electrons. The van der Waals surface area contributed by atoms with Crippen molar-refractivity contribution in [1.29, 1.82) is 0 Å². The number of hydrogen-bond acceptors (Lipinski definition) is 5. The second-order valence-electron chi connectivity index (χ2n) is 8.79. The summed E-state index contributed by atoms with van der Waals surface area (Å²) in [4.78, 5) is 56.3. The van der Waals surface area contributed by atoms with Crippen molar-refractivity contribution in [3.8, 4) is 0 Å². The fourth-order valence-electron chi connectivity index (χ4n) is 4.61. The van der Waals surface area contributed by atoms with Crippen molar-refractivity contribution in [1.82, 2.24) is 25.7 Å².